The van der Waals surface area contributed by atoms with Crippen LogP contribution in [0.2, 0.25) is 10.0 Å². The Hall–Kier alpha value is -1.75. The Balaban J connectivity index is 2.05. The van der Waals surface area contributed by atoms with Gasteiger partial charge in [-0.3, -0.25) is 4.79 Å². The summed E-state index contributed by atoms with van der Waals surface area (Å²) in [6, 6.07) is 11.5. The molecule has 21 heavy (non-hydrogen) atoms. The fraction of sp³-hybridized carbons (Fsp3) is 0.133. The SMILES string of the molecule is O=C(Nc1ccc(OCCO)cc1)c1cc(Cl)cc(Cl)c1. The van der Waals surface area contributed by atoms with Crippen LogP contribution in [0.5, 0.6) is 5.75 Å². The molecule has 2 aromatic carbocycles. The van der Waals surface area contributed by atoms with Gasteiger partial charge < -0.3 is 15.2 Å². The summed E-state index contributed by atoms with van der Waals surface area (Å²) in [5, 5.41) is 12.2. The fourth-order valence-corrected chi connectivity index (χ4v) is 2.21. The maximum absolute atomic E-state index is 12.1. The molecule has 0 radical (unpaired) electrons. The van der Waals surface area contributed by atoms with Crippen LogP contribution in [0.3, 0.4) is 0 Å². The summed E-state index contributed by atoms with van der Waals surface area (Å²) in [4.78, 5) is 12.1. The van der Waals surface area contributed by atoms with E-state index in [4.69, 9.17) is 33.0 Å². The zero-order valence-electron chi connectivity index (χ0n) is 11.0. The number of halogens is 2. The van der Waals surface area contributed by atoms with Crippen molar-refractivity contribution in [2.75, 3.05) is 18.5 Å². The molecule has 2 rings (SSSR count). The van der Waals surface area contributed by atoms with Crippen molar-refractivity contribution in [1.29, 1.82) is 0 Å². The minimum absolute atomic E-state index is 0.0476. The first-order valence-corrected chi connectivity index (χ1v) is 6.95. The van der Waals surface area contributed by atoms with E-state index in [2.05, 4.69) is 5.32 Å². The molecule has 0 aliphatic carbocycles. The van der Waals surface area contributed by atoms with Gasteiger partial charge >= 0.3 is 0 Å². The van der Waals surface area contributed by atoms with Gasteiger partial charge in [0.05, 0.1) is 6.61 Å². The second-order valence-electron chi connectivity index (χ2n) is 4.21. The highest BCUT2D eigenvalue weighted by atomic mass is 35.5. The van der Waals surface area contributed by atoms with Crippen LogP contribution in [0.1, 0.15) is 10.4 Å². The normalized spacial score (nSPS) is 10.2. The Morgan fingerprint density at radius 1 is 1.10 bits per heavy atom. The summed E-state index contributed by atoms with van der Waals surface area (Å²) in [5.74, 6) is 0.316. The molecule has 0 aliphatic rings. The average Bonchev–Trinajstić information content (AvgIpc) is 2.45. The topological polar surface area (TPSA) is 58.6 Å². The zero-order valence-corrected chi connectivity index (χ0v) is 12.5. The summed E-state index contributed by atoms with van der Waals surface area (Å²) in [5.41, 5.74) is 1.00. The van der Waals surface area contributed by atoms with Gasteiger partial charge in [-0.1, -0.05) is 23.2 Å². The van der Waals surface area contributed by atoms with Gasteiger partial charge in [0.1, 0.15) is 12.4 Å². The molecule has 1 amide bonds. The Bertz CT molecular complexity index is 609. The van der Waals surface area contributed by atoms with Crippen molar-refractivity contribution in [3.05, 3.63) is 58.1 Å². The molecular formula is C15H13Cl2NO3. The van der Waals surface area contributed by atoms with E-state index in [1.165, 1.54) is 0 Å². The van der Waals surface area contributed by atoms with Gasteiger partial charge in [-0.2, -0.15) is 0 Å². The Kier molecular flexibility index (Phi) is 5.44. The number of benzene rings is 2. The van der Waals surface area contributed by atoms with Crippen LogP contribution in [0.25, 0.3) is 0 Å². The Morgan fingerprint density at radius 3 is 2.29 bits per heavy atom. The van der Waals surface area contributed by atoms with E-state index in [0.717, 1.165) is 0 Å². The van der Waals surface area contributed by atoms with Crippen molar-refractivity contribution in [1.82, 2.24) is 0 Å². The maximum Gasteiger partial charge on any atom is 0.255 e. The molecule has 0 bridgehead atoms. The van der Waals surface area contributed by atoms with Gasteiger partial charge in [-0.25, -0.2) is 0 Å². The number of hydrogen-bond donors (Lipinski definition) is 2. The molecule has 110 valence electrons. The molecule has 2 N–H and O–H groups in total. The largest absolute Gasteiger partial charge is 0.491 e. The third kappa shape index (κ3) is 4.63. The van der Waals surface area contributed by atoms with Crippen molar-refractivity contribution >= 4 is 34.8 Å². The zero-order chi connectivity index (χ0) is 15.2. The van der Waals surface area contributed by atoms with Crippen LogP contribution in [0.4, 0.5) is 5.69 Å². The number of amides is 1. The second-order valence-corrected chi connectivity index (χ2v) is 5.08. The number of nitrogens with one attached hydrogen (secondary N) is 1. The van der Waals surface area contributed by atoms with E-state index in [0.29, 0.717) is 27.0 Å². The first-order chi connectivity index (χ1) is 10.1. The number of anilines is 1. The number of aliphatic hydroxyl groups excluding tert-OH is 1. The third-order valence-electron chi connectivity index (χ3n) is 2.60. The van der Waals surface area contributed by atoms with Crippen LogP contribution in [0.15, 0.2) is 42.5 Å². The fourth-order valence-electron chi connectivity index (χ4n) is 1.69. The van der Waals surface area contributed by atoms with Gasteiger partial charge in [-0.05, 0) is 42.5 Å². The van der Waals surface area contributed by atoms with Crippen LogP contribution in [-0.2, 0) is 0 Å². The van der Waals surface area contributed by atoms with Crippen molar-refractivity contribution in [3.8, 4) is 5.75 Å². The number of ether oxygens (including phenoxy) is 1. The molecule has 0 fully saturated rings. The summed E-state index contributed by atoms with van der Waals surface area (Å²) in [7, 11) is 0. The lowest BCUT2D eigenvalue weighted by atomic mass is 10.2. The number of hydrogen-bond acceptors (Lipinski definition) is 3. The quantitative estimate of drug-likeness (QED) is 0.882. The van der Waals surface area contributed by atoms with E-state index in [1.807, 2.05) is 0 Å². The molecule has 0 spiro atoms. The van der Waals surface area contributed by atoms with E-state index >= 15 is 0 Å². The van der Waals surface area contributed by atoms with Gasteiger partial charge in [0.25, 0.3) is 5.91 Å². The Morgan fingerprint density at radius 2 is 1.71 bits per heavy atom. The van der Waals surface area contributed by atoms with Crippen LogP contribution >= 0.6 is 23.2 Å². The monoisotopic (exact) mass is 325 g/mol. The molecule has 0 unspecified atom stereocenters. The number of rotatable bonds is 5. The van der Waals surface area contributed by atoms with Crippen molar-refractivity contribution in [2.24, 2.45) is 0 Å². The lowest BCUT2D eigenvalue weighted by Crippen LogP contribution is -2.11. The first-order valence-electron chi connectivity index (χ1n) is 6.19. The molecule has 2 aromatic rings. The van der Waals surface area contributed by atoms with Crippen molar-refractivity contribution in [2.45, 2.75) is 0 Å². The third-order valence-corrected chi connectivity index (χ3v) is 3.03. The molecule has 6 heteroatoms. The number of aliphatic hydroxyl groups is 1. The molecule has 0 atom stereocenters. The van der Waals surface area contributed by atoms with Crippen LogP contribution in [-0.4, -0.2) is 24.2 Å². The smallest absolute Gasteiger partial charge is 0.255 e. The van der Waals surface area contributed by atoms with Crippen LogP contribution < -0.4 is 10.1 Å². The van der Waals surface area contributed by atoms with Crippen molar-refractivity contribution < 1.29 is 14.6 Å². The Labute approximate surface area is 132 Å². The molecule has 0 aliphatic heterocycles. The highest BCUT2D eigenvalue weighted by Crippen LogP contribution is 2.21. The van der Waals surface area contributed by atoms with Gasteiger partial charge in [0, 0.05) is 21.3 Å². The average molecular weight is 326 g/mol. The lowest BCUT2D eigenvalue weighted by Gasteiger charge is -2.08. The predicted octanol–water partition coefficient (Wildman–Crippen LogP) is 3.62. The first kappa shape index (κ1) is 15.6. The molecule has 0 saturated carbocycles. The van der Waals surface area contributed by atoms with Crippen molar-refractivity contribution in [3.63, 3.8) is 0 Å². The van der Waals surface area contributed by atoms with Gasteiger partial charge in [0.2, 0.25) is 0 Å². The standard InChI is InChI=1S/C15H13Cl2NO3/c16-11-7-10(8-12(17)9-11)15(20)18-13-1-3-14(4-2-13)21-6-5-19/h1-4,7-9,19H,5-6H2,(H,18,20). The molecular weight excluding hydrogens is 313 g/mol. The highest BCUT2D eigenvalue weighted by Gasteiger charge is 2.08. The van der Waals surface area contributed by atoms with E-state index < -0.39 is 0 Å². The summed E-state index contributed by atoms with van der Waals surface area (Å²) < 4.78 is 5.23. The highest BCUT2D eigenvalue weighted by molar-refractivity contribution is 6.35. The minimum atomic E-state index is -0.302. The summed E-state index contributed by atoms with van der Waals surface area (Å²) >= 11 is 11.7. The molecule has 0 heterocycles. The predicted molar refractivity (Wildman–Crippen MR) is 83.4 cm³/mol. The van der Waals surface area contributed by atoms with Gasteiger partial charge in [0.15, 0.2) is 0 Å². The van der Waals surface area contributed by atoms with Gasteiger partial charge in [-0.15, -0.1) is 0 Å². The van der Waals surface area contributed by atoms with E-state index in [-0.39, 0.29) is 19.1 Å². The maximum atomic E-state index is 12.1. The summed E-state index contributed by atoms with van der Waals surface area (Å²) in [6.45, 7) is 0.181. The minimum Gasteiger partial charge on any atom is -0.491 e. The van der Waals surface area contributed by atoms with E-state index in [9.17, 15) is 4.79 Å². The molecule has 4 nitrogen and oxygen atoms in total. The molecule has 0 aromatic heterocycles. The van der Waals surface area contributed by atoms with Crippen LogP contribution in [0, 0.1) is 0 Å². The second kappa shape index (κ2) is 7.31. The summed E-state index contributed by atoms with van der Waals surface area (Å²) in [6.07, 6.45) is 0. The lowest BCUT2D eigenvalue weighted by molar-refractivity contribution is 0.102. The van der Waals surface area contributed by atoms with E-state index in [1.54, 1.807) is 42.5 Å². The number of carbonyl (C=O) groups excluding carboxylic acids is 1. The molecule has 0 saturated heterocycles. The number of carbonyl (C=O) groups is 1.